The number of amides is 1. The number of hydrogen-bond acceptors (Lipinski definition) is 3. The number of aryl methyl sites for hydroxylation is 1. The third-order valence-electron chi connectivity index (χ3n) is 5.04. The average molecular weight is 489 g/mol. The quantitative estimate of drug-likeness (QED) is 0.244. The van der Waals surface area contributed by atoms with Crippen molar-refractivity contribution in [3.05, 3.63) is 36.7 Å². The van der Waals surface area contributed by atoms with E-state index in [2.05, 4.69) is 20.9 Å². The van der Waals surface area contributed by atoms with Crippen molar-refractivity contribution in [2.45, 2.75) is 42.1 Å². The Morgan fingerprint density at radius 1 is 1.27 bits per heavy atom. The van der Waals surface area contributed by atoms with Gasteiger partial charge in [-0.05, 0) is 49.2 Å². The summed E-state index contributed by atoms with van der Waals surface area (Å²) in [5, 5.41) is 8.85. The molecule has 10 heteroatoms. The van der Waals surface area contributed by atoms with Crippen molar-refractivity contribution in [1.29, 1.82) is 0 Å². The van der Waals surface area contributed by atoms with E-state index in [1.165, 1.54) is 25.3 Å². The lowest BCUT2D eigenvalue weighted by Crippen LogP contribution is -2.55. The number of nitrogens with one attached hydrogen (secondary N) is 3. The van der Waals surface area contributed by atoms with Crippen LogP contribution in [0.4, 0.5) is 5.69 Å². The van der Waals surface area contributed by atoms with Crippen LogP contribution in [-0.4, -0.2) is 30.5 Å². The topological polar surface area (TPSA) is 71.0 Å². The van der Waals surface area contributed by atoms with E-state index in [1.807, 2.05) is 35.9 Å². The predicted octanol–water partition coefficient (Wildman–Crippen LogP) is 4.81. The van der Waals surface area contributed by atoms with Gasteiger partial charge in [0.1, 0.15) is 6.17 Å². The summed E-state index contributed by atoms with van der Waals surface area (Å²) in [6, 6.07) is 5.64. The zero-order valence-corrected chi connectivity index (χ0v) is 19.6. The van der Waals surface area contributed by atoms with Gasteiger partial charge in [0.15, 0.2) is 5.11 Å². The molecule has 1 fully saturated rings. The molecule has 2 aromatic rings. The molecule has 1 amide bonds. The Balaban J connectivity index is 1.64. The van der Waals surface area contributed by atoms with E-state index in [0.717, 1.165) is 29.6 Å². The Morgan fingerprint density at radius 2 is 2.00 bits per heavy atom. The second kappa shape index (κ2) is 10.2. The molecule has 0 bridgehead atoms. The Hall–Kier alpha value is -1.54. The summed E-state index contributed by atoms with van der Waals surface area (Å²) in [5.41, 5.74) is 2.45. The number of aromatic nitrogens is 2. The van der Waals surface area contributed by atoms with E-state index in [9.17, 15) is 4.79 Å². The Bertz CT molecular complexity index is 934. The van der Waals surface area contributed by atoms with E-state index in [4.69, 9.17) is 47.0 Å². The summed E-state index contributed by atoms with van der Waals surface area (Å²) in [6.07, 6.45) is 9.99. The maximum absolute atomic E-state index is 12.4. The fourth-order valence-electron chi connectivity index (χ4n) is 3.54. The van der Waals surface area contributed by atoms with E-state index in [0.29, 0.717) is 5.92 Å². The van der Waals surface area contributed by atoms with E-state index < -0.39 is 9.96 Å². The fraction of sp³-hybridized carbons (Fsp3) is 0.450. The number of thiocarbonyl (C=S) groups is 1. The lowest BCUT2D eigenvalue weighted by Gasteiger charge is -2.27. The van der Waals surface area contributed by atoms with Gasteiger partial charge in [-0.2, -0.15) is 0 Å². The number of fused-ring (bicyclic) bond motifs is 1. The lowest BCUT2D eigenvalue weighted by atomic mass is 9.89. The zero-order chi connectivity index (χ0) is 21.7. The first-order valence-electron chi connectivity index (χ1n) is 9.77. The molecule has 1 aromatic carbocycles. The third-order valence-corrected chi connectivity index (χ3v) is 5.92. The van der Waals surface area contributed by atoms with Crippen LogP contribution < -0.4 is 16.0 Å². The molecule has 0 saturated heterocycles. The van der Waals surface area contributed by atoms with Gasteiger partial charge in [-0.1, -0.05) is 66.2 Å². The van der Waals surface area contributed by atoms with Crippen LogP contribution in [-0.2, 0) is 11.8 Å². The Kier molecular flexibility index (Phi) is 7.85. The maximum atomic E-state index is 12.4. The molecular weight excluding hydrogens is 465 g/mol. The van der Waals surface area contributed by atoms with Gasteiger partial charge in [-0.3, -0.25) is 4.79 Å². The highest BCUT2D eigenvalue weighted by Gasteiger charge is 2.34. The van der Waals surface area contributed by atoms with Crippen molar-refractivity contribution in [3.8, 4) is 0 Å². The number of rotatable bonds is 5. The molecule has 30 heavy (non-hydrogen) atoms. The first-order valence-corrected chi connectivity index (χ1v) is 11.3. The fourth-order valence-corrected chi connectivity index (χ4v) is 4.10. The molecule has 0 spiro atoms. The molecule has 6 nitrogen and oxygen atoms in total. The van der Waals surface area contributed by atoms with E-state index in [1.54, 1.807) is 6.33 Å². The van der Waals surface area contributed by atoms with Gasteiger partial charge in [0.05, 0.1) is 23.0 Å². The number of anilines is 1. The molecule has 1 unspecified atom stereocenters. The van der Waals surface area contributed by atoms with E-state index in [-0.39, 0.29) is 11.0 Å². The molecule has 1 aliphatic rings. The second-order valence-corrected chi connectivity index (χ2v) is 10.1. The zero-order valence-electron chi connectivity index (χ0n) is 16.5. The summed E-state index contributed by atoms with van der Waals surface area (Å²) in [5.74, 6) is 0.0757. The van der Waals surface area contributed by atoms with Crippen molar-refractivity contribution >= 4 is 74.8 Å². The molecule has 3 rings (SSSR count). The Labute approximate surface area is 196 Å². The van der Waals surface area contributed by atoms with Crippen LogP contribution in [0.3, 0.4) is 0 Å². The normalized spacial score (nSPS) is 16.5. The van der Waals surface area contributed by atoms with Crippen LogP contribution in [0.5, 0.6) is 0 Å². The van der Waals surface area contributed by atoms with Crippen LogP contribution in [0.1, 0.15) is 32.1 Å². The summed E-state index contributed by atoms with van der Waals surface area (Å²) in [6.45, 7) is 0. The van der Waals surface area contributed by atoms with Gasteiger partial charge < -0.3 is 20.5 Å². The van der Waals surface area contributed by atoms with Crippen LogP contribution >= 0.6 is 47.0 Å². The largest absolute Gasteiger partial charge is 0.339 e. The number of alkyl halides is 3. The van der Waals surface area contributed by atoms with Gasteiger partial charge in [-0.15, -0.1) is 0 Å². The lowest BCUT2D eigenvalue weighted by molar-refractivity contribution is -0.117. The van der Waals surface area contributed by atoms with Crippen molar-refractivity contribution in [2.24, 2.45) is 13.0 Å². The van der Waals surface area contributed by atoms with Crippen LogP contribution in [0.2, 0.25) is 0 Å². The number of carbonyl (C=O) groups is 1. The van der Waals surface area contributed by atoms with Crippen LogP contribution in [0.15, 0.2) is 36.7 Å². The highest BCUT2D eigenvalue weighted by atomic mass is 35.6. The van der Waals surface area contributed by atoms with Gasteiger partial charge in [0, 0.05) is 7.05 Å². The molecule has 1 aromatic heterocycles. The van der Waals surface area contributed by atoms with Crippen molar-refractivity contribution in [3.63, 3.8) is 0 Å². The highest BCUT2D eigenvalue weighted by molar-refractivity contribution is 7.80. The molecular formula is C20H24Cl3N5OS. The Morgan fingerprint density at radius 3 is 2.70 bits per heavy atom. The molecule has 1 aliphatic carbocycles. The van der Waals surface area contributed by atoms with Crippen molar-refractivity contribution < 1.29 is 4.79 Å². The van der Waals surface area contributed by atoms with Crippen LogP contribution in [0.25, 0.3) is 11.0 Å². The number of carbonyl (C=O) groups excluding carboxylic acids is 1. The number of allylic oxidation sites excluding steroid dienone is 1. The number of nitrogens with zero attached hydrogens (tertiary/aromatic N) is 2. The summed E-state index contributed by atoms with van der Waals surface area (Å²) >= 11 is 23.6. The van der Waals surface area contributed by atoms with Gasteiger partial charge in [-0.25, -0.2) is 4.98 Å². The van der Waals surface area contributed by atoms with Crippen molar-refractivity contribution in [2.75, 3.05) is 5.32 Å². The summed E-state index contributed by atoms with van der Waals surface area (Å²) in [4.78, 5) is 16.7. The molecule has 1 heterocycles. The average Bonchev–Trinajstić information content (AvgIpc) is 3.08. The first kappa shape index (κ1) is 23.1. The molecule has 162 valence electrons. The second-order valence-electron chi connectivity index (χ2n) is 7.37. The monoisotopic (exact) mass is 487 g/mol. The number of halogens is 3. The maximum Gasteiger partial charge on any atom is 0.245 e. The molecule has 0 aliphatic heterocycles. The van der Waals surface area contributed by atoms with Crippen molar-refractivity contribution in [1.82, 2.24) is 20.2 Å². The van der Waals surface area contributed by atoms with Gasteiger partial charge >= 0.3 is 0 Å². The number of benzene rings is 1. The number of imidazole rings is 1. The van der Waals surface area contributed by atoms with Gasteiger partial charge in [0.25, 0.3) is 0 Å². The minimum Gasteiger partial charge on any atom is -0.339 e. The SMILES string of the molecule is Cn1cnc2cccc(NC(=S)NC(NC(=O)/C=C/C3CCCCC3)C(Cl)(Cl)Cl)c21. The predicted molar refractivity (Wildman–Crippen MR) is 128 cm³/mol. The minimum absolute atomic E-state index is 0.205. The highest BCUT2D eigenvalue weighted by Crippen LogP contribution is 2.30. The molecule has 1 atom stereocenters. The number of para-hydroxylation sites is 1. The third kappa shape index (κ3) is 6.23. The smallest absolute Gasteiger partial charge is 0.245 e. The number of hydrogen-bond donors (Lipinski definition) is 3. The van der Waals surface area contributed by atoms with E-state index >= 15 is 0 Å². The minimum atomic E-state index is -1.81. The van der Waals surface area contributed by atoms with Gasteiger partial charge in [0.2, 0.25) is 9.70 Å². The standard InChI is InChI=1S/C20H24Cl3N5OS/c1-28-12-24-14-8-5-9-15(17(14)28)25-19(30)27-18(20(21,22)23)26-16(29)11-10-13-6-3-2-4-7-13/h5,8-13,18H,2-4,6-7H2,1H3,(H,26,29)(H2,25,27,30)/b11-10+. The molecule has 1 saturated carbocycles. The summed E-state index contributed by atoms with van der Waals surface area (Å²) in [7, 11) is 1.89. The van der Waals surface area contributed by atoms with Crippen LogP contribution in [0, 0.1) is 5.92 Å². The first-order chi connectivity index (χ1) is 14.2. The summed E-state index contributed by atoms with van der Waals surface area (Å²) < 4.78 is 0.0726. The molecule has 3 N–H and O–H groups in total. The molecule has 0 radical (unpaired) electrons.